The van der Waals surface area contributed by atoms with Gasteiger partial charge < -0.3 is 25.4 Å². The second-order valence-corrected chi connectivity index (χ2v) is 10.6. The summed E-state index contributed by atoms with van der Waals surface area (Å²) in [6.07, 6.45) is 1.55. The molecule has 8 nitrogen and oxygen atoms in total. The van der Waals surface area contributed by atoms with Crippen LogP contribution in [-0.2, 0) is 9.59 Å². The van der Waals surface area contributed by atoms with Crippen molar-refractivity contribution in [2.75, 3.05) is 24.9 Å². The third-order valence-corrected chi connectivity index (χ3v) is 7.27. The topological polar surface area (TPSA) is 106 Å². The summed E-state index contributed by atoms with van der Waals surface area (Å²) < 4.78 is 23.8. The first-order valence-corrected chi connectivity index (χ1v) is 14.1. The van der Waals surface area contributed by atoms with Crippen LogP contribution in [0.1, 0.15) is 22.8 Å². The molecule has 0 spiro atoms. The molecule has 0 radical (unpaired) electrons. The minimum atomic E-state index is -0.536. The summed E-state index contributed by atoms with van der Waals surface area (Å²) in [6.45, 7) is 1.76. The number of amides is 3. The largest absolute Gasteiger partial charge is 0.493 e. The molecule has 0 saturated carbocycles. The minimum absolute atomic E-state index is 0.0191. The zero-order chi connectivity index (χ0) is 30.8. The zero-order valence-electron chi connectivity index (χ0n) is 23.7. The average molecular weight is 600 g/mol. The molecule has 0 aliphatic carbocycles. The Morgan fingerprint density at radius 3 is 2.07 bits per heavy atom. The molecule has 3 N–H and O–H groups in total. The van der Waals surface area contributed by atoms with Gasteiger partial charge in [0, 0.05) is 21.8 Å². The van der Waals surface area contributed by atoms with E-state index in [1.165, 1.54) is 50.2 Å². The first kappa shape index (κ1) is 30.9. The average Bonchev–Trinajstić information content (AvgIpc) is 3.02. The lowest BCUT2D eigenvalue weighted by Gasteiger charge is -2.14. The lowest BCUT2D eigenvalue weighted by Crippen LogP contribution is -2.30. The quantitative estimate of drug-likeness (QED) is 0.137. The Hall–Kier alpha value is -5.09. The van der Waals surface area contributed by atoms with Gasteiger partial charge in [-0.15, -0.1) is 11.8 Å². The van der Waals surface area contributed by atoms with Gasteiger partial charge in [0.1, 0.15) is 11.5 Å². The van der Waals surface area contributed by atoms with Gasteiger partial charge in [-0.05, 0) is 91.4 Å². The molecule has 1 atom stereocenters. The summed E-state index contributed by atoms with van der Waals surface area (Å²) in [5.41, 5.74) is 2.02. The summed E-state index contributed by atoms with van der Waals surface area (Å²) in [5, 5.41) is 7.85. The number of methoxy groups -OCH3 is 2. The van der Waals surface area contributed by atoms with Crippen LogP contribution in [0.4, 0.5) is 15.8 Å². The molecule has 0 fully saturated rings. The molecular weight excluding hydrogens is 569 g/mol. The number of thioether (sulfide) groups is 1. The van der Waals surface area contributed by atoms with Crippen molar-refractivity contribution in [1.82, 2.24) is 5.32 Å². The van der Waals surface area contributed by atoms with Crippen LogP contribution in [0.3, 0.4) is 0 Å². The van der Waals surface area contributed by atoms with Crippen molar-refractivity contribution in [3.8, 4) is 11.5 Å². The fourth-order valence-electron chi connectivity index (χ4n) is 3.90. The van der Waals surface area contributed by atoms with Gasteiger partial charge in [0.15, 0.2) is 11.5 Å². The first-order chi connectivity index (χ1) is 20.7. The maximum absolute atomic E-state index is 13.4. The van der Waals surface area contributed by atoms with Gasteiger partial charge >= 0.3 is 0 Å². The summed E-state index contributed by atoms with van der Waals surface area (Å²) in [5.74, 6) is -0.588. The van der Waals surface area contributed by atoms with Gasteiger partial charge in [-0.3, -0.25) is 14.4 Å². The number of carbonyl (C=O) groups is 3. The predicted octanol–water partition coefficient (Wildman–Crippen LogP) is 6.37. The van der Waals surface area contributed by atoms with Crippen molar-refractivity contribution in [3.05, 3.63) is 120 Å². The van der Waals surface area contributed by atoms with E-state index in [4.69, 9.17) is 9.47 Å². The van der Waals surface area contributed by atoms with Crippen LogP contribution in [0.25, 0.3) is 6.08 Å². The molecule has 43 heavy (non-hydrogen) atoms. The molecule has 4 aromatic carbocycles. The van der Waals surface area contributed by atoms with E-state index < -0.39 is 17.1 Å². The van der Waals surface area contributed by atoms with Crippen molar-refractivity contribution in [2.45, 2.75) is 17.1 Å². The molecular formula is C33H30FN3O5S. The van der Waals surface area contributed by atoms with E-state index in [9.17, 15) is 18.8 Å². The molecule has 0 aliphatic rings. The standard InChI is InChI=1S/C33H30FN3O5S/c1-21(31(38)35-25-12-10-24(34)11-13-25)43-27-16-14-26(15-17-27)36-33(40)28(37-32(39)23-7-5-4-6-8-23)19-22-9-18-29(41-2)30(20-22)42-3/h4-21H,1-3H3,(H,35,38)(H,36,40)(H,37,39)/b28-19-. The van der Waals surface area contributed by atoms with Crippen LogP contribution in [-0.4, -0.2) is 37.2 Å². The van der Waals surface area contributed by atoms with Crippen LogP contribution < -0.4 is 25.4 Å². The van der Waals surface area contributed by atoms with E-state index in [2.05, 4.69) is 16.0 Å². The summed E-state index contributed by atoms with van der Waals surface area (Å²) in [4.78, 5) is 39.7. The van der Waals surface area contributed by atoms with Crippen LogP contribution in [0, 0.1) is 5.82 Å². The van der Waals surface area contributed by atoms with Crippen molar-refractivity contribution < 1.29 is 28.2 Å². The Morgan fingerprint density at radius 1 is 0.791 bits per heavy atom. The van der Waals surface area contributed by atoms with Crippen LogP contribution in [0.5, 0.6) is 11.5 Å². The highest BCUT2D eigenvalue weighted by molar-refractivity contribution is 8.00. The second kappa shape index (κ2) is 14.7. The number of halogens is 1. The molecule has 10 heteroatoms. The number of benzene rings is 4. The molecule has 0 aliphatic heterocycles. The number of hydrogen-bond acceptors (Lipinski definition) is 6. The fraction of sp³-hybridized carbons (Fsp3) is 0.121. The first-order valence-electron chi connectivity index (χ1n) is 13.2. The van der Waals surface area contributed by atoms with E-state index in [1.54, 1.807) is 85.8 Å². The molecule has 0 heterocycles. The lowest BCUT2D eigenvalue weighted by molar-refractivity contribution is -0.115. The summed E-state index contributed by atoms with van der Waals surface area (Å²) >= 11 is 1.33. The number of ether oxygens (including phenoxy) is 2. The van der Waals surface area contributed by atoms with Crippen molar-refractivity contribution in [1.29, 1.82) is 0 Å². The SMILES string of the molecule is COc1ccc(/C=C(\NC(=O)c2ccccc2)C(=O)Nc2ccc(SC(C)C(=O)Nc3ccc(F)cc3)cc2)cc1OC. The van der Waals surface area contributed by atoms with E-state index >= 15 is 0 Å². The van der Waals surface area contributed by atoms with Gasteiger partial charge in [0.05, 0.1) is 19.5 Å². The molecule has 1 unspecified atom stereocenters. The minimum Gasteiger partial charge on any atom is -0.493 e. The molecule has 0 bridgehead atoms. The van der Waals surface area contributed by atoms with Crippen molar-refractivity contribution in [3.63, 3.8) is 0 Å². The number of nitrogens with one attached hydrogen (secondary N) is 3. The smallest absolute Gasteiger partial charge is 0.272 e. The highest BCUT2D eigenvalue weighted by Crippen LogP contribution is 2.29. The highest BCUT2D eigenvalue weighted by Gasteiger charge is 2.17. The van der Waals surface area contributed by atoms with Crippen molar-refractivity contribution in [2.24, 2.45) is 0 Å². The summed E-state index contributed by atoms with van der Waals surface area (Å²) in [6, 6.07) is 26.2. The number of rotatable bonds is 11. The Kier molecular flexibility index (Phi) is 10.5. The molecule has 0 aromatic heterocycles. The number of carbonyl (C=O) groups excluding carboxylic acids is 3. The van der Waals surface area contributed by atoms with Gasteiger partial charge in [-0.1, -0.05) is 24.3 Å². The lowest BCUT2D eigenvalue weighted by atomic mass is 10.1. The zero-order valence-corrected chi connectivity index (χ0v) is 24.5. The molecule has 0 saturated heterocycles. The Labute approximate surface area is 253 Å². The molecule has 4 rings (SSSR count). The van der Waals surface area contributed by atoms with Crippen LogP contribution >= 0.6 is 11.8 Å². The van der Waals surface area contributed by atoms with Gasteiger partial charge in [-0.25, -0.2) is 4.39 Å². The van der Waals surface area contributed by atoms with Gasteiger partial charge in [0.25, 0.3) is 11.8 Å². The Balaban J connectivity index is 1.47. The highest BCUT2D eigenvalue weighted by atomic mass is 32.2. The van der Waals surface area contributed by atoms with Crippen molar-refractivity contribution >= 4 is 46.9 Å². The van der Waals surface area contributed by atoms with E-state index in [0.717, 1.165) is 4.90 Å². The van der Waals surface area contributed by atoms with E-state index in [0.29, 0.717) is 34.0 Å². The van der Waals surface area contributed by atoms with Crippen LogP contribution in [0.2, 0.25) is 0 Å². The molecule has 4 aromatic rings. The maximum atomic E-state index is 13.4. The van der Waals surface area contributed by atoms with Gasteiger partial charge in [0.2, 0.25) is 5.91 Å². The molecule has 220 valence electrons. The van der Waals surface area contributed by atoms with Crippen LogP contribution in [0.15, 0.2) is 108 Å². The normalized spacial score (nSPS) is 11.7. The Bertz CT molecular complexity index is 1610. The van der Waals surface area contributed by atoms with E-state index in [-0.39, 0.29) is 17.4 Å². The number of hydrogen-bond donors (Lipinski definition) is 3. The number of anilines is 2. The monoisotopic (exact) mass is 599 g/mol. The molecule has 3 amide bonds. The second-order valence-electron chi connectivity index (χ2n) is 9.23. The predicted molar refractivity (Wildman–Crippen MR) is 167 cm³/mol. The summed E-state index contributed by atoms with van der Waals surface area (Å²) in [7, 11) is 3.04. The third kappa shape index (κ3) is 8.70. The van der Waals surface area contributed by atoms with E-state index in [1.807, 2.05) is 0 Å². The maximum Gasteiger partial charge on any atom is 0.272 e. The Morgan fingerprint density at radius 2 is 1.42 bits per heavy atom. The fourth-order valence-corrected chi connectivity index (χ4v) is 4.77. The van der Waals surface area contributed by atoms with Gasteiger partial charge in [-0.2, -0.15) is 0 Å². The third-order valence-electron chi connectivity index (χ3n) is 6.15.